The Hall–Kier alpha value is -2.50. The molecule has 2 N–H and O–H groups in total. The Bertz CT molecular complexity index is 889. The lowest BCUT2D eigenvalue weighted by Gasteiger charge is -2.31. The Kier molecular flexibility index (Phi) is 4.01. The quantitative estimate of drug-likeness (QED) is 0.872. The highest BCUT2D eigenvalue weighted by atomic mass is 16.3. The molecule has 0 atom stereocenters. The second-order valence-electron chi connectivity index (χ2n) is 7.11. The van der Waals surface area contributed by atoms with Crippen LogP contribution in [0.25, 0.3) is 0 Å². The van der Waals surface area contributed by atoms with Crippen molar-refractivity contribution >= 4 is 0 Å². The van der Waals surface area contributed by atoms with Crippen LogP contribution in [0.15, 0.2) is 21.7 Å². The Morgan fingerprint density at radius 3 is 1.56 bits per heavy atom. The van der Waals surface area contributed by atoms with Crippen molar-refractivity contribution < 1.29 is 10.2 Å². The molecule has 1 fully saturated rings. The van der Waals surface area contributed by atoms with E-state index in [1.165, 1.54) is 9.13 Å². The summed E-state index contributed by atoms with van der Waals surface area (Å²) in [6.07, 6.45) is 2.75. The van der Waals surface area contributed by atoms with E-state index in [0.717, 1.165) is 12.8 Å². The molecular formula is C19H24N2O4. The average Bonchev–Trinajstić information content (AvgIpc) is 3.00. The van der Waals surface area contributed by atoms with Crippen LogP contribution in [-0.4, -0.2) is 19.3 Å². The lowest BCUT2D eigenvalue weighted by molar-refractivity contribution is 0.403. The van der Waals surface area contributed by atoms with Crippen LogP contribution in [0, 0.1) is 13.8 Å². The monoisotopic (exact) mass is 344 g/mol. The Morgan fingerprint density at radius 2 is 1.20 bits per heavy atom. The number of pyridine rings is 2. The van der Waals surface area contributed by atoms with Crippen molar-refractivity contribution in [1.29, 1.82) is 0 Å². The summed E-state index contributed by atoms with van der Waals surface area (Å²) in [6.45, 7) is 3.49. The summed E-state index contributed by atoms with van der Waals surface area (Å²) < 4.78 is 2.95. The van der Waals surface area contributed by atoms with E-state index in [9.17, 15) is 19.8 Å². The number of rotatable bonds is 2. The molecule has 0 aromatic carbocycles. The van der Waals surface area contributed by atoms with E-state index in [2.05, 4.69) is 0 Å². The van der Waals surface area contributed by atoms with Crippen LogP contribution in [0.4, 0.5) is 0 Å². The Balaban J connectivity index is 2.44. The minimum absolute atomic E-state index is 0.107. The van der Waals surface area contributed by atoms with Crippen molar-refractivity contribution in [3.05, 3.63) is 55.4 Å². The molecule has 6 nitrogen and oxygen atoms in total. The first kappa shape index (κ1) is 17.3. The molecule has 6 heteroatoms. The summed E-state index contributed by atoms with van der Waals surface area (Å²) in [5.41, 5.74) is 0.117. The van der Waals surface area contributed by atoms with E-state index < -0.39 is 5.41 Å². The van der Waals surface area contributed by atoms with Crippen molar-refractivity contribution in [3.8, 4) is 11.5 Å². The Labute approximate surface area is 146 Å². The van der Waals surface area contributed by atoms with Gasteiger partial charge >= 0.3 is 0 Å². The largest absolute Gasteiger partial charge is 0.507 e. The fourth-order valence-corrected chi connectivity index (χ4v) is 4.11. The SMILES string of the molecule is Cc1cc(O)c(C2(c3c(O)cc(C)n(C)c3=O)CCCC2)c(=O)n1C. The second-order valence-corrected chi connectivity index (χ2v) is 7.11. The molecule has 2 aromatic rings. The molecule has 0 bridgehead atoms. The van der Waals surface area contributed by atoms with Gasteiger partial charge in [0.15, 0.2) is 0 Å². The third kappa shape index (κ3) is 2.39. The minimum Gasteiger partial charge on any atom is -0.507 e. The van der Waals surface area contributed by atoms with Crippen molar-refractivity contribution in [3.63, 3.8) is 0 Å². The van der Waals surface area contributed by atoms with Crippen molar-refractivity contribution in [2.24, 2.45) is 14.1 Å². The predicted octanol–water partition coefficient (Wildman–Crippen LogP) is 1.97. The van der Waals surface area contributed by atoms with E-state index in [-0.39, 0.29) is 33.7 Å². The average molecular weight is 344 g/mol. The molecule has 0 radical (unpaired) electrons. The van der Waals surface area contributed by atoms with Gasteiger partial charge in [-0.25, -0.2) is 0 Å². The van der Waals surface area contributed by atoms with Gasteiger partial charge in [-0.15, -0.1) is 0 Å². The van der Waals surface area contributed by atoms with Gasteiger partial charge in [0, 0.05) is 30.9 Å². The molecule has 1 aliphatic rings. The van der Waals surface area contributed by atoms with Crippen LogP contribution in [0.5, 0.6) is 11.5 Å². The van der Waals surface area contributed by atoms with E-state index in [0.29, 0.717) is 24.2 Å². The summed E-state index contributed by atoms with van der Waals surface area (Å²) in [6, 6.07) is 3.10. The molecule has 2 aromatic heterocycles. The van der Waals surface area contributed by atoms with Crippen LogP contribution < -0.4 is 11.1 Å². The van der Waals surface area contributed by atoms with Gasteiger partial charge in [-0.1, -0.05) is 12.8 Å². The van der Waals surface area contributed by atoms with Crippen molar-refractivity contribution in [2.45, 2.75) is 44.9 Å². The van der Waals surface area contributed by atoms with Gasteiger partial charge in [0.1, 0.15) is 11.5 Å². The highest BCUT2D eigenvalue weighted by Crippen LogP contribution is 2.49. The maximum atomic E-state index is 13.0. The Morgan fingerprint density at radius 1 is 0.840 bits per heavy atom. The number of aromatic hydroxyl groups is 2. The lowest BCUT2D eigenvalue weighted by atomic mass is 9.73. The van der Waals surface area contributed by atoms with Gasteiger partial charge in [0.25, 0.3) is 11.1 Å². The van der Waals surface area contributed by atoms with E-state index in [4.69, 9.17) is 0 Å². The van der Waals surface area contributed by atoms with Gasteiger partial charge < -0.3 is 19.3 Å². The molecule has 1 saturated carbocycles. The first-order chi connectivity index (χ1) is 11.7. The van der Waals surface area contributed by atoms with Gasteiger partial charge in [-0.2, -0.15) is 0 Å². The second kappa shape index (κ2) is 5.79. The van der Waals surface area contributed by atoms with Crippen molar-refractivity contribution in [1.82, 2.24) is 9.13 Å². The summed E-state index contributed by atoms with van der Waals surface area (Å²) >= 11 is 0. The molecule has 0 aliphatic heterocycles. The van der Waals surface area contributed by atoms with Crippen LogP contribution in [0.3, 0.4) is 0 Å². The maximum Gasteiger partial charge on any atom is 0.258 e. The van der Waals surface area contributed by atoms with Gasteiger partial charge in [-0.05, 0) is 38.8 Å². The zero-order chi connectivity index (χ0) is 18.5. The molecule has 1 aliphatic carbocycles. The fourth-order valence-electron chi connectivity index (χ4n) is 4.11. The highest BCUT2D eigenvalue weighted by molar-refractivity contribution is 5.51. The van der Waals surface area contributed by atoms with Gasteiger partial charge in [0.2, 0.25) is 0 Å². The van der Waals surface area contributed by atoms with Crippen molar-refractivity contribution in [2.75, 3.05) is 0 Å². The standard InChI is InChI=1S/C19H24N2O4/c1-11-9-13(22)15(17(24)20(11)3)19(7-5-6-8-19)16-14(23)10-12(2)21(4)18(16)25/h9-10,22-23H,5-8H2,1-4H3. The molecule has 0 spiro atoms. The normalized spacial score (nSPS) is 16.3. The minimum atomic E-state index is -0.959. The molecule has 0 saturated heterocycles. The van der Waals surface area contributed by atoms with E-state index in [1.54, 1.807) is 40.1 Å². The number of hydrogen-bond acceptors (Lipinski definition) is 4. The smallest absolute Gasteiger partial charge is 0.258 e. The summed E-state index contributed by atoms with van der Waals surface area (Å²) in [4.78, 5) is 25.9. The number of aryl methyl sites for hydroxylation is 2. The molecule has 3 rings (SSSR count). The first-order valence-electron chi connectivity index (χ1n) is 8.51. The molecule has 25 heavy (non-hydrogen) atoms. The number of nitrogens with zero attached hydrogens (tertiary/aromatic N) is 2. The summed E-state index contributed by atoms with van der Waals surface area (Å²) in [5, 5.41) is 21.2. The molecule has 0 amide bonds. The van der Waals surface area contributed by atoms with Crippen LogP contribution in [0.2, 0.25) is 0 Å². The maximum absolute atomic E-state index is 13.0. The fraction of sp³-hybridized carbons (Fsp3) is 0.474. The number of hydrogen-bond donors (Lipinski definition) is 2. The zero-order valence-corrected chi connectivity index (χ0v) is 15.1. The summed E-state index contributed by atoms with van der Waals surface area (Å²) in [5.74, 6) is -0.214. The topological polar surface area (TPSA) is 84.5 Å². The predicted molar refractivity (Wildman–Crippen MR) is 95.4 cm³/mol. The third-order valence-corrected chi connectivity index (χ3v) is 5.71. The van der Waals surface area contributed by atoms with Gasteiger partial charge in [0.05, 0.1) is 11.1 Å². The lowest BCUT2D eigenvalue weighted by Crippen LogP contribution is -2.40. The van der Waals surface area contributed by atoms with Crippen LogP contribution >= 0.6 is 0 Å². The number of aromatic nitrogens is 2. The third-order valence-electron chi connectivity index (χ3n) is 5.71. The van der Waals surface area contributed by atoms with Gasteiger partial charge in [-0.3, -0.25) is 9.59 Å². The van der Waals surface area contributed by atoms with E-state index >= 15 is 0 Å². The zero-order valence-electron chi connectivity index (χ0n) is 15.1. The molecular weight excluding hydrogens is 320 g/mol. The molecule has 0 unspecified atom stereocenters. The first-order valence-corrected chi connectivity index (χ1v) is 8.51. The highest BCUT2D eigenvalue weighted by Gasteiger charge is 2.45. The summed E-state index contributed by atoms with van der Waals surface area (Å²) in [7, 11) is 3.30. The molecule has 2 heterocycles. The van der Waals surface area contributed by atoms with E-state index in [1.807, 2.05) is 0 Å². The van der Waals surface area contributed by atoms with Crippen LogP contribution in [0.1, 0.15) is 48.2 Å². The van der Waals surface area contributed by atoms with Crippen LogP contribution in [-0.2, 0) is 19.5 Å². The molecule has 134 valence electrons.